The van der Waals surface area contributed by atoms with E-state index in [-0.39, 0.29) is 5.75 Å². The normalized spacial score (nSPS) is 14.8. The summed E-state index contributed by atoms with van der Waals surface area (Å²) in [5.41, 5.74) is 2.04. The molecule has 1 aromatic rings. The zero-order valence-corrected chi connectivity index (χ0v) is 7.81. The van der Waals surface area contributed by atoms with Gasteiger partial charge in [-0.15, -0.1) is 0 Å². The highest BCUT2D eigenvalue weighted by molar-refractivity contribution is 5.58. The Morgan fingerprint density at radius 2 is 2.21 bits per heavy atom. The summed E-state index contributed by atoms with van der Waals surface area (Å²) >= 11 is 0. The van der Waals surface area contributed by atoms with Crippen LogP contribution in [0.25, 0.3) is 0 Å². The van der Waals surface area contributed by atoms with Crippen molar-refractivity contribution in [2.45, 2.75) is 19.5 Å². The highest BCUT2D eigenvalue weighted by atomic mass is 19.3. The molecule has 0 spiro atoms. The maximum absolute atomic E-state index is 12.5. The van der Waals surface area contributed by atoms with Crippen molar-refractivity contribution >= 4 is 5.69 Å². The Hall–Kier alpha value is -1.32. The van der Waals surface area contributed by atoms with Crippen LogP contribution in [0.1, 0.15) is 12.5 Å². The molecule has 0 saturated heterocycles. The second-order valence-corrected chi connectivity index (χ2v) is 3.41. The number of fused-ring (bicyclic) bond motifs is 1. The van der Waals surface area contributed by atoms with E-state index in [9.17, 15) is 8.78 Å². The first-order valence-electron chi connectivity index (χ1n) is 4.48. The van der Waals surface area contributed by atoms with Crippen LogP contribution in [0.15, 0.2) is 18.2 Å². The lowest BCUT2D eigenvalue weighted by Gasteiger charge is -2.13. The Kier molecular flexibility index (Phi) is 2.06. The van der Waals surface area contributed by atoms with E-state index in [1.165, 1.54) is 0 Å². The molecular weight excluding hydrogens is 188 g/mol. The topological polar surface area (TPSA) is 21.3 Å². The molecule has 1 aliphatic rings. The number of anilines is 1. The van der Waals surface area contributed by atoms with E-state index in [2.05, 4.69) is 10.1 Å². The number of rotatable bonds is 2. The second-order valence-electron chi connectivity index (χ2n) is 3.41. The summed E-state index contributed by atoms with van der Waals surface area (Å²) in [6.45, 7) is 1.59. The van der Waals surface area contributed by atoms with Crippen LogP contribution in [-0.2, 0) is 6.42 Å². The van der Waals surface area contributed by atoms with Gasteiger partial charge in [-0.1, -0.05) is 6.07 Å². The lowest BCUT2D eigenvalue weighted by molar-refractivity contribution is -0.158. The molecule has 0 unspecified atom stereocenters. The SMILES string of the molecule is CC(F)(F)Oc1ccc2c(c1)NCC2. The van der Waals surface area contributed by atoms with Crippen molar-refractivity contribution in [2.75, 3.05) is 11.9 Å². The number of ether oxygens (including phenoxy) is 1. The summed E-state index contributed by atoms with van der Waals surface area (Å²) in [4.78, 5) is 0. The molecule has 2 rings (SSSR count). The number of hydrogen-bond donors (Lipinski definition) is 1. The van der Waals surface area contributed by atoms with Crippen molar-refractivity contribution in [3.63, 3.8) is 0 Å². The first-order valence-corrected chi connectivity index (χ1v) is 4.48. The van der Waals surface area contributed by atoms with Gasteiger partial charge < -0.3 is 10.1 Å². The molecule has 1 aromatic carbocycles. The van der Waals surface area contributed by atoms with Crippen LogP contribution in [0.3, 0.4) is 0 Å². The van der Waals surface area contributed by atoms with Gasteiger partial charge in [0.1, 0.15) is 5.75 Å². The minimum atomic E-state index is -3.12. The first-order chi connectivity index (χ1) is 6.54. The van der Waals surface area contributed by atoms with Crippen molar-refractivity contribution in [3.8, 4) is 5.75 Å². The van der Waals surface area contributed by atoms with Crippen molar-refractivity contribution in [3.05, 3.63) is 23.8 Å². The zero-order valence-electron chi connectivity index (χ0n) is 7.81. The van der Waals surface area contributed by atoms with Gasteiger partial charge in [0.15, 0.2) is 0 Å². The minimum absolute atomic E-state index is 0.200. The molecule has 0 bridgehead atoms. The number of benzene rings is 1. The highest BCUT2D eigenvalue weighted by Gasteiger charge is 2.23. The highest BCUT2D eigenvalue weighted by Crippen LogP contribution is 2.29. The fourth-order valence-electron chi connectivity index (χ4n) is 1.54. The van der Waals surface area contributed by atoms with Crippen LogP contribution < -0.4 is 10.1 Å². The Morgan fingerprint density at radius 1 is 1.43 bits per heavy atom. The first kappa shape index (κ1) is 9.24. The number of hydrogen-bond acceptors (Lipinski definition) is 2. The summed E-state index contributed by atoms with van der Waals surface area (Å²) in [6, 6.07) is 5.00. The fraction of sp³-hybridized carbons (Fsp3) is 0.400. The monoisotopic (exact) mass is 199 g/mol. The van der Waals surface area contributed by atoms with Crippen molar-refractivity contribution < 1.29 is 13.5 Å². The van der Waals surface area contributed by atoms with Crippen LogP contribution in [0.4, 0.5) is 14.5 Å². The smallest absolute Gasteiger partial charge is 0.394 e. The van der Waals surface area contributed by atoms with Crippen molar-refractivity contribution in [1.82, 2.24) is 0 Å². The van der Waals surface area contributed by atoms with E-state index in [1.807, 2.05) is 6.07 Å². The van der Waals surface area contributed by atoms with E-state index in [1.54, 1.807) is 12.1 Å². The largest absolute Gasteiger partial charge is 0.433 e. The van der Waals surface area contributed by atoms with Crippen LogP contribution in [-0.4, -0.2) is 12.7 Å². The second kappa shape index (κ2) is 3.12. The maximum Gasteiger partial charge on any atom is 0.394 e. The Balaban J connectivity index is 2.21. The van der Waals surface area contributed by atoms with Gasteiger partial charge in [-0.05, 0) is 18.1 Å². The predicted octanol–water partition coefficient (Wildman–Crippen LogP) is 2.65. The third-order valence-electron chi connectivity index (χ3n) is 2.09. The quantitative estimate of drug-likeness (QED) is 0.790. The molecule has 0 aliphatic carbocycles. The molecule has 1 aliphatic heterocycles. The van der Waals surface area contributed by atoms with Crippen LogP contribution in [0, 0.1) is 0 Å². The maximum atomic E-state index is 12.5. The van der Waals surface area contributed by atoms with Gasteiger partial charge in [0, 0.05) is 25.2 Å². The third kappa shape index (κ3) is 1.95. The van der Waals surface area contributed by atoms with Crippen molar-refractivity contribution in [2.24, 2.45) is 0 Å². The van der Waals surface area contributed by atoms with Gasteiger partial charge in [0.2, 0.25) is 0 Å². The van der Waals surface area contributed by atoms with E-state index in [0.717, 1.165) is 31.1 Å². The van der Waals surface area contributed by atoms with Gasteiger partial charge in [0.05, 0.1) is 0 Å². The average Bonchev–Trinajstić information content (AvgIpc) is 2.47. The fourth-order valence-corrected chi connectivity index (χ4v) is 1.54. The molecule has 2 nitrogen and oxygen atoms in total. The van der Waals surface area contributed by atoms with Gasteiger partial charge in [0.25, 0.3) is 0 Å². The minimum Gasteiger partial charge on any atom is -0.433 e. The molecule has 0 radical (unpaired) electrons. The third-order valence-corrected chi connectivity index (χ3v) is 2.09. The summed E-state index contributed by atoms with van der Waals surface area (Å²) < 4.78 is 29.5. The Labute approximate surface area is 80.9 Å². The molecule has 14 heavy (non-hydrogen) atoms. The molecule has 0 amide bonds. The molecule has 0 fully saturated rings. The number of alkyl halides is 2. The van der Waals surface area contributed by atoms with E-state index in [4.69, 9.17) is 0 Å². The Bertz CT molecular complexity index is 346. The summed E-state index contributed by atoms with van der Waals surface area (Å²) in [6.07, 6.45) is -2.18. The van der Waals surface area contributed by atoms with Crippen LogP contribution in [0.2, 0.25) is 0 Å². The van der Waals surface area contributed by atoms with Gasteiger partial charge >= 0.3 is 6.11 Å². The van der Waals surface area contributed by atoms with E-state index >= 15 is 0 Å². The van der Waals surface area contributed by atoms with Crippen molar-refractivity contribution in [1.29, 1.82) is 0 Å². The van der Waals surface area contributed by atoms with E-state index in [0.29, 0.717) is 0 Å². The van der Waals surface area contributed by atoms with Gasteiger partial charge in [-0.3, -0.25) is 0 Å². The summed E-state index contributed by atoms with van der Waals surface area (Å²) in [5, 5.41) is 3.10. The molecule has 0 atom stereocenters. The van der Waals surface area contributed by atoms with Crippen LogP contribution in [0.5, 0.6) is 5.75 Å². The summed E-state index contributed by atoms with van der Waals surface area (Å²) in [5.74, 6) is 0.200. The molecule has 4 heteroatoms. The molecule has 1 N–H and O–H groups in total. The van der Waals surface area contributed by atoms with E-state index < -0.39 is 6.11 Å². The lowest BCUT2D eigenvalue weighted by Crippen LogP contribution is -2.19. The van der Waals surface area contributed by atoms with Gasteiger partial charge in [-0.25, -0.2) is 0 Å². The lowest BCUT2D eigenvalue weighted by atomic mass is 10.1. The van der Waals surface area contributed by atoms with Gasteiger partial charge in [-0.2, -0.15) is 8.78 Å². The average molecular weight is 199 g/mol. The molecule has 1 heterocycles. The molecule has 0 aromatic heterocycles. The standard InChI is InChI=1S/C10H11F2NO/c1-10(11,12)14-8-3-2-7-4-5-13-9(7)6-8/h2-3,6,13H,4-5H2,1H3. The predicted molar refractivity (Wildman–Crippen MR) is 49.9 cm³/mol. The Morgan fingerprint density at radius 3 is 2.93 bits per heavy atom. The number of halogens is 2. The van der Waals surface area contributed by atoms with Crippen LogP contribution >= 0.6 is 0 Å². The molecule has 0 saturated carbocycles. The summed E-state index contributed by atoms with van der Waals surface area (Å²) in [7, 11) is 0. The molecule has 76 valence electrons. The molecular formula is C10H11F2NO. The zero-order chi connectivity index (χ0) is 10.2. The number of nitrogens with one attached hydrogen (secondary N) is 1.